The molecule has 23 heavy (non-hydrogen) atoms. The first-order chi connectivity index (χ1) is 11.1. The third kappa shape index (κ3) is 3.52. The van der Waals surface area contributed by atoms with Gasteiger partial charge in [0.2, 0.25) is 11.8 Å². The Hall–Kier alpha value is -2.37. The zero-order chi connectivity index (χ0) is 16.4. The van der Waals surface area contributed by atoms with E-state index in [9.17, 15) is 14.4 Å². The number of nitrogens with one attached hydrogen (secondary N) is 1. The Morgan fingerprint density at radius 2 is 1.74 bits per heavy atom. The lowest BCUT2D eigenvalue weighted by atomic mass is 10.00. The summed E-state index contributed by atoms with van der Waals surface area (Å²) in [4.78, 5) is 37.4. The quantitative estimate of drug-likeness (QED) is 0.882. The summed E-state index contributed by atoms with van der Waals surface area (Å²) in [6.07, 6.45) is 4.31. The van der Waals surface area contributed by atoms with Gasteiger partial charge in [-0.1, -0.05) is 0 Å². The summed E-state index contributed by atoms with van der Waals surface area (Å²) in [5, 5.41) is 2.84. The minimum absolute atomic E-state index is 0.0360. The molecule has 1 aliphatic carbocycles. The van der Waals surface area contributed by atoms with Gasteiger partial charge in [0.05, 0.1) is 0 Å². The molecule has 1 aromatic rings. The maximum atomic E-state index is 12.6. The summed E-state index contributed by atoms with van der Waals surface area (Å²) < 4.78 is 0. The molecule has 122 valence electrons. The Morgan fingerprint density at radius 3 is 2.35 bits per heavy atom. The van der Waals surface area contributed by atoms with Crippen molar-refractivity contribution >= 4 is 23.4 Å². The Labute approximate surface area is 135 Å². The summed E-state index contributed by atoms with van der Waals surface area (Å²) in [5.41, 5.74) is 6.59. The number of hydrogen-bond acceptors (Lipinski definition) is 3. The standard InChI is InChI=1S/C17H21N3O3/c18-15(21)14-3-1-2-10-20(14)17(23)12-6-8-13(9-7-12)19-16(22)11-4-5-11/h6-9,11,14H,1-5,10H2,(H2,18,21)(H,19,22). The van der Waals surface area contributed by atoms with Crippen LogP contribution in [0, 0.1) is 5.92 Å². The van der Waals surface area contributed by atoms with Crippen LogP contribution in [-0.4, -0.2) is 35.2 Å². The van der Waals surface area contributed by atoms with E-state index in [1.54, 1.807) is 29.2 Å². The molecule has 0 aromatic heterocycles. The van der Waals surface area contributed by atoms with Crippen molar-refractivity contribution in [3.63, 3.8) is 0 Å². The van der Waals surface area contributed by atoms with Crippen molar-refractivity contribution in [3.8, 4) is 0 Å². The fourth-order valence-corrected chi connectivity index (χ4v) is 2.92. The van der Waals surface area contributed by atoms with Crippen LogP contribution in [-0.2, 0) is 9.59 Å². The molecule has 3 amide bonds. The van der Waals surface area contributed by atoms with E-state index in [0.717, 1.165) is 25.7 Å². The van der Waals surface area contributed by atoms with Gasteiger partial charge in [0, 0.05) is 23.7 Å². The van der Waals surface area contributed by atoms with Crippen molar-refractivity contribution in [1.29, 1.82) is 0 Å². The van der Waals surface area contributed by atoms with E-state index in [0.29, 0.717) is 24.2 Å². The number of nitrogens with two attached hydrogens (primary N) is 1. The highest BCUT2D eigenvalue weighted by atomic mass is 16.2. The van der Waals surface area contributed by atoms with Crippen LogP contribution in [0.4, 0.5) is 5.69 Å². The van der Waals surface area contributed by atoms with Crippen LogP contribution in [0.1, 0.15) is 42.5 Å². The molecule has 3 N–H and O–H groups in total. The molecular weight excluding hydrogens is 294 g/mol. The van der Waals surface area contributed by atoms with Crippen LogP contribution in [0.2, 0.25) is 0 Å². The Bertz CT molecular complexity index is 622. The zero-order valence-electron chi connectivity index (χ0n) is 13.0. The SMILES string of the molecule is NC(=O)C1CCCCN1C(=O)c1ccc(NC(=O)C2CC2)cc1. The summed E-state index contributed by atoms with van der Waals surface area (Å²) in [6.45, 7) is 0.548. The van der Waals surface area contributed by atoms with E-state index in [1.807, 2.05) is 0 Å². The highest BCUT2D eigenvalue weighted by Crippen LogP contribution is 2.30. The number of likely N-dealkylation sites (tertiary alicyclic amines) is 1. The van der Waals surface area contributed by atoms with E-state index in [1.165, 1.54) is 0 Å². The van der Waals surface area contributed by atoms with Crippen LogP contribution in [0.5, 0.6) is 0 Å². The Balaban J connectivity index is 1.68. The van der Waals surface area contributed by atoms with Gasteiger partial charge in [-0.05, 0) is 56.4 Å². The van der Waals surface area contributed by atoms with Gasteiger partial charge in [-0.3, -0.25) is 14.4 Å². The highest BCUT2D eigenvalue weighted by Gasteiger charge is 2.31. The Kier molecular flexibility index (Phi) is 4.32. The smallest absolute Gasteiger partial charge is 0.254 e. The molecule has 1 saturated carbocycles. The minimum atomic E-state index is -0.523. The first-order valence-corrected chi connectivity index (χ1v) is 8.07. The van der Waals surface area contributed by atoms with Gasteiger partial charge in [-0.25, -0.2) is 0 Å². The first-order valence-electron chi connectivity index (χ1n) is 8.07. The van der Waals surface area contributed by atoms with E-state index in [-0.39, 0.29) is 17.7 Å². The fourth-order valence-electron chi connectivity index (χ4n) is 2.92. The predicted molar refractivity (Wildman–Crippen MR) is 85.7 cm³/mol. The van der Waals surface area contributed by atoms with Crippen molar-refractivity contribution in [1.82, 2.24) is 4.90 Å². The average Bonchev–Trinajstić information content (AvgIpc) is 3.40. The molecule has 1 aliphatic heterocycles. The van der Waals surface area contributed by atoms with Gasteiger partial charge in [0.15, 0.2) is 0 Å². The molecule has 1 aromatic carbocycles. The van der Waals surface area contributed by atoms with Crippen molar-refractivity contribution in [2.24, 2.45) is 11.7 Å². The molecule has 2 aliphatic rings. The third-order valence-corrected chi connectivity index (χ3v) is 4.44. The fraction of sp³-hybridized carbons (Fsp3) is 0.471. The van der Waals surface area contributed by atoms with Gasteiger partial charge in [0.25, 0.3) is 5.91 Å². The van der Waals surface area contributed by atoms with E-state index in [4.69, 9.17) is 5.73 Å². The topological polar surface area (TPSA) is 92.5 Å². The lowest BCUT2D eigenvalue weighted by Gasteiger charge is -2.33. The lowest BCUT2D eigenvalue weighted by Crippen LogP contribution is -2.50. The van der Waals surface area contributed by atoms with E-state index >= 15 is 0 Å². The first kappa shape index (κ1) is 15.5. The summed E-state index contributed by atoms with van der Waals surface area (Å²) in [6, 6.07) is 6.27. The predicted octanol–water partition coefficient (Wildman–Crippen LogP) is 1.52. The summed E-state index contributed by atoms with van der Waals surface area (Å²) in [5.74, 6) is -0.463. The van der Waals surface area contributed by atoms with Gasteiger partial charge < -0.3 is 16.0 Å². The number of amides is 3. The van der Waals surface area contributed by atoms with Crippen LogP contribution in [0.15, 0.2) is 24.3 Å². The minimum Gasteiger partial charge on any atom is -0.368 e. The molecule has 1 atom stereocenters. The van der Waals surface area contributed by atoms with E-state index in [2.05, 4.69) is 5.32 Å². The lowest BCUT2D eigenvalue weighted by molar-refractivity contribution is -0.123. The number of piperidine rings is 1. The molecule has 6 nitrogen and oxygen atoms in total. The van der Waals surface area contributed by atoms with Crippen LogP contribution in [0.3, 0.4) is 0 Å². The molecule has 0 radical (unpaired) electrons. The summed E-state index contributed by atoms with van der Waals surface area (Å²) in [7, 11) is 0. The number of primary amides is 1. The molecule has 0 spiro atoms. The molecular formula is C17H21N3O3. The molecule has 3 rings (SSSR count). The molecule has 6 heteroatoms. The third-order valence-electron chi connectivity index (χ3n) is 4.44. The van der Waals surface area contributed by atoms with Gasteiger partial charge >= 0.3 is 0 Å². The molecule has 0 bridgehead atoms. The van der Waals surface area contributed by atoms with Gasteiger partial charge in [0.1, 0.15) is 6.04 Å². The van der Waals surface area contributed by atoms with Gasteiger partial charge in [-0.2, -0.15) is 0 Å². The van der Waals surface area contributed by atoms with E-state index < -0.39 is 11.9 Å². The van der Waals surface area contributed by atoms with Crippen molar-refractivity contribution in [3.05, 3.63) is 29.8 Å². The maximum Gasteiger partial charge on any atom is 0.254 e. The normalized spacial score (nSPS) is 20.9. The van der Waals surface area contributed by atoms with Crippen molar-refractivity contribution in [2.45, 2.75) is 38.1 Å². The largest absolute Gasteiger partial charge is 0.368 e. The number of hydrogen-bond donors (Lipinski definition) is 2. The highest BCUT2D eigenvalue weighted by molar-refractivity contribution is 5.98. The Morgan fingerprint density at radius 1 is 1.04 bits per heavy atom. The van der Waals surface area contributed by atoms with Crippen molar-refractivity contribution in [2.75, 3.05) is 11.9 Å². The molecule has 1 unspecified atom stereocenters. The second-order valence-electron chi connectivity index (χ2n) is 6.25. The average molecular weight is 315 g/mol. The van der Waals surface area contributed by atoms with Crippen molar-refractivity contribution < 1.29 is 14.4 Å². The number of rotatable bonds is 4. The number of nitrogens with zero attached hydrogens (tertiary/aromatic N) is 1. The number of carbonyl (C=O) groups is 3. The second-order valence-corrected chi connectivity index (χ2v) is 6.25. The molecule has 2 fully saturated rings. The van der Waals surface area contributed by atoms with Crippen LogP contribution < -0.4 is 11.1 Å². The van der Waals surface area contributed by atoms with Crippen LogP contribution in [0.25, 0.3) is 0 Å². The van der Waals surface area contributed by atoms with Crippen LogP contribution >= 0.6 is 0 Å². The second kappa shape index (κ2) is 6.40. The van der Waals surface area contributed by atoms with Gasteiger partial charge in [-0.15, -0.1) is 0 Å². The molecule has 1 saturated heterocycles. The number of benzene rings is 1. The molecule has 1 heterocycles. The maximum absolute atomic E-state index is 12.6. The zero-order valence-corrected chi connectivity index (χ0v) is 13.0. The number of anilines is 1. The summed E-state index contributed by atoms with van der Waals surface area (Å²) >= 11 is 0. The monoisotopic (exact) mass is 315 g/mol. The number of carbonyl (C=O) groups excluding carboxylic acids is 3.